The van der Waals surface area contributed by atoms with Crippen LogP contribution in [0.5, 0.6) is 0 Å². The maximum Gasteiger partial charge on any atom is 0.407 e. The number of carbonyl (C=O) groups is 4. The average Bonchev–Trinajstić information content (AvgIpc) is 4.13. The van der Waals surface area contributed by atoms with E-state index in [2.05, 4.69) is 64.8 Å². The van der Waals surface area contributed by atoms with E-state index in [0.717, 1.165) is 33.0 Å². The third kappa shape index (κ3) is 9.84. The van der Waals surface area contributed by atoms with Gasteiger partial charge in [0.2, 0.25) is 11.8 Å². The molecular weight excluding hydrogens is 936 g/mol. The predicted molar refractivity (Wildman–Crippen MR) is 266 cm³/mol. The molecule has 4 N–H and O–H groups in total. The number of H-pyrrole nitrogens is 2. The van der Waals surface area contributed by atoms with Gasteiger partial charge in [-0.1, -0.05) is 85.6 Å². The number of nitrogens with zero attached hydrogens (tertiary/aromatic N) is 4. The zero-order valence-electron chi connectivity index (χ0n) is 40.4. The van der Waals surface area contributed by atoms with Gasteiger partial charge in [0.05, 0.1) is 26.3 Å². The number of benzene rings is 3. The number of alkyl carbamates (subject to hydrolysis) is 2. The molecule has 18 heteroatoms. The van der Waals surface area contributed by atoms with Crippen molar-refractivity contribution in [3.63, 3.8) is 0 Å². The van der Waals surface area contributed by atoms with Crippen LogP contribution in [0.2, 0.25) is 10.3 Å². The molecule has 4 aliphatic rings. The smallest absolute Gasteiger partial charge is 0.407 e. The normalized spacial score (nSPS) is 24.1. The van der Waals surface area contributed by atoms with Crippen molar-refractivity contribution in [2.24, 2.45) is 23.7 Å². The van der Waals surface area contributed by atoms with Gasteiger partial charge < -0.3 is 49.3 Å². The molecule has 4 aliphatic heterocycles. The van der Waals surface area contributed by atoms with E-state index in [1.807, 2.05) is 54.0 Å². The molecule has 8 atom stereocenters. The summed E-state index contributed by atoms with van der Waals surface area (Å²) in [6.45, 7) is 10.4. The summed E-state index contributed by atoms with van der Waals surface area (Å²) in [6.07, 6.45) is 2.71. The number of hydrogen-bond donors (Lipinski definition) is 4. The lowest BCUT2D eigenvalue weighted by atomic mass is 9.90. The molecule has 6 heterocycles. The minimum Gasteiger partial charge on any atom is -0.453 e. The third-order valence-corrected chi connectivity index (χ3v) is 16.0. The second kappa shape index (κ2) is 21.0. The van der Waals surface area contributed by atoms with Crippen LogP contribution in [0, 0.1) is 23.7 Å². The number of nitrogens with one attached hydrogen (secondary N) is 4. The zero-order valence-corrected chi connectivity index (χ0v) is 41.9. The van der Waals surface area contributed by atoms with Crippen LogP contribution in [0.15, 0.2) is 60.7 Å². The van der Waals surface area contributed by atoms with E-state index in [1.54, 1.807) is 0 Å². The topological polar surface area (TPSA) is 193 Å². The highest BCUT2D eigenvalue weighted by Gasteiger charge is 2.48. The van der Waals surface area contributed by atoms with Gasteiger partial charge in [-0.2, -0.15) is 0 Å². The van der Waals surface area contributed by atoms with Crippen molar-refractivity contribution < 1.29 is 38.1 Å². The highest BCUT2D eigenvalue weighted by Crippen LogP contribution is 2.44. The Morgan fingerprint density at radius 3 is 1.43 bits per heavy atom. The fourth-order valence-electron chi connectivity index (χ4n) is 11.0. The number of aromatic nitrogens is 4. The van der Waals surface area contributed by atoms with Crippen LogP contribution >= 0.6 is 23.2 Å². The number of methoxy groups -OCH3 is 2. The van der Waals surface area contributed by atoms with Crippen LogP contribution in [-0.2, 0) is 28.5 Å². The first kappa shape index (κ1) is 49.3. The molecule has 3 aromatic carbocycles. The van der Waals surface area contributed by atoms with Crippen molar-refractivity contribution in [1.29, 1.82) is 0 Å². The summed E-state index contributed by atoms with van der Waals surface area (Å²) in [4.78, 5) is 74.2. The molecular formula is C52H62Cl2N8O8. The molecule has 5 aromatic rings. The van der Waals surface area contributed by atoms with Gasteiger partial charge in [0.15, 0.2) is 0 Å². The second-order valence-electron chi connectivity index (χ2n) is 19.5. The Hall–Kier alpha value is -5.68. The summed E-state index contributed by atoms with van der Waals surface area (Å²) < 4.78 is 21.0. The van der Waals surface area contributed by atoms with E-state index in [9.17, 15) is 19.2 Å². The first-order valence-electron chi connectivity index (χ1n) is 24.4. The Labute approximate surface area is 417 Å². The number of carbonyl (C=O) groups excluding carboxylic acids is 4. The first-order chi connectivity index (χ1) is 33.7. The molecule has 0 aliphatic carbocycles. The number of aromatic amines is 2. The Morgan fingerprint density at radius 2 is 0.986 bits per heavy atom. The van der Waals surface area contributed by atoms with Gasteiger partial charge in [0.1, 0.15) is 45.4 Å². The molecule has 0 unspecified atom stereocenters. The van der Waals surface area contributed by atoms with Gasteiger partial charge >= 0.3 is 12.2 Å². The Balaban J connectivity index is 0.915. The van der Waals surface area contributed by atoms with Crippen LogP contribution in [0.1, 0.15) is 90.0 Å². The molecule has 0 saturated carbocycles. The highest BCUT2D eigenvalue weighted by atomic mass is 35.5. The summed E-state index contributed by atoms with van der Waals surface area (Å²) in [7, 11) is 2.60. The summed E-state index contributed by atoms with van der Waals surface area (Å²) in [5.41, 5.74) is 4.88. The quantitative estimate of drug-likeness (QED) is 0.0991. The van der Waals surface area contributed by atoms with E-state index < -0.39 is 24.3 Å². The Kier molecular flexibility index (Phi) is 14.8. The SMILES string of the molecule is COC(=O)N[C@H](C(=O)N1[C@H](C)[C@H](C)C[C@H]1c1nc(-c2ccc(-c3ccc4cc(-c5nc([C@@H]6C[C@@H](C)[C@@H](C)N6C(=O)[C@@H](NC(=O)OC)C6CCOCC6)[nH]c5Cl)ccc4c3)cc2)c(Cl)[nH]1)C1CCOCC1. The predicted octanol–water partition coefficient (Wildman–Crippen LogP) is 9.49. The number of fused-ring (bicyclic) bond motifs is 1. The van der Waals surface area contributed by atoms with E-state index in [1.165, 1.54) is 14.2 Å². The van der Waals surface area contributed by atoms with Crippen molar-refractivity contribution in [3.8, 4) is 33.6 Å². The molecule has 2 aromatic heterocycles. The monoisotopic (exact) mass is 996 g/mol. The summed E-state index contributed by atoms with van der Waals surface area (Å²) in [6, 6.07) is 18.1. The molecule has 0 spiro atoms. The Morgan fingerprint density at radius 1 is 0.600 bits per heavy atom. The third-order valence-electron chi connectivity index (χ3n) is 15.4. The van der Waals surface area contributed by atoms with Gasteiger partial charge in [-0.3, -0.25) is 9.59 Å². The highest BCUT2D eigenvalue weighted by molar-refractivity contribution is 6.32. The fraction of sp³-hybridized carbons (Fsp3) is 0.500. The van der Waals surface area contributed by atoms with E-state index in [4.69, 9.17) is 52.1 Å². The van der Waals surface area contributed by atoms with Crippen LogP contribution in [-0.4, -0.2) is 119 Å². The van der Waals surface area contributed by atoms with Crippen LogP contribution in [0.4, 0.5) is 9.59 Å². The fourth-order valence-corrected chi connectivity index (χ4v) is 11.5. The van der Waals surface area contributed by atoms with Crippen LogP contribution < -0.4 is 10.6 Å². The van der Waals surface area contributed by atoms with Crippen molar-refractivity contribution >= 4 is 58.0 Å². The minimum absolute atomic E-state index is 0.0851. The van der Waals surface area contributed by atoms with Gasteiger partial charge in [-0.25, -0.2) is 19.6 Å². The molecule has 0 bridgehead atoms. The standard InChI is InChI=1S/C52H62Cl2N8O8/c1-27-23-39(61(29(27)3)49(63)43(57-51(65)67-5)33-15-19-69-20-16-33)47-55-41(45(53)59-47)32-9-7-31(8-10-32)35-11-12-37-26-38(14-13-36(37)25-35)42-46(54)60-48(56-42)40-24-28(2)30(4)62(40)50(64)44(58-52(66)68-6)34-17-21-70-22-18-34/h7-14,25-30,33-34,39-40,43-44H,15-24H2,1-6H3,(H,55,59)(H,56,60)(H,57,65)(H,58,66)/t27-,28-,29-,30-,39+,40+,43+,44+/m1/s1. The lowest BCUT2D eigenvalue weighted by molar-refractivity contribution is -0.139. The molecule has 16 nitrogen and oxygen atoms in total. The molecule has 70 heavy (non-hydrogen) atoms. The number of ether oxygens (including phenoxy) is 4. The largest absolute Gasteiger partial charge is 0.453 e. The van der Waals surface area contributed by atoms with E-state index in [-0.39, 0.29) is 59.7 Å². The van der Waals surface area contributed by atoms with Gasteiger partial charge in [0.25, 0.3) is 0 Å². The maximum absolute atomic E-state index is 14.5. The van der Waals surface area contributed by atoms with E-state index >= 15 is 0 Å². The Bertz CT molecular complexity index is 2720. The minimum atomic E-state index is -0.759. The maximum atomic E-state index is 14.5. The first-order valence-corrected chi connectivity index (χ1v) is 25.1. The second-order valence-corrected chi connectivity index (χ2v) is 20.2. The van der Waals surface area contributed by atoms with Gasteiger partial charge in [0, 0.05) is 49.6 Å². The number of rotatable bonds is 11. The number of imidazole rings is 2. The molecule has 372 valence electrons. The van der Waals surface area contributed by atoms with Crippen molar-refractivity contribution in [1.82, 2.24) is 40.4 Å². The summed E-state index contributed by atoms with van der Waals surface area (Å²) in [5, 5.41) is 8.48. The summed E-state index contributed by atoms with van der Waals surface area (Å²) >= 11 is 13.8. The van der Waals surface area contributed by atoms with Gasteiger partial charge in [-0.05, 0) is 110 Å². The average molecular weight is 998 g/mol. The van der Waals surface area contributed by atoms with Crippen molar-refractivity contribution in [3.05, 3.63) is 82.6 Å². The molecule has 4 fully saturated rings. The lowest BCUT2D eigenvalue weighted by Crippen LogP contribution is -2.54. The number of halogens is 2. The lowest BCUT2D eigenvalue weighted by Gasteiger charge is -2.36. The zero-order chi connectivity index (χ0) is 49.4. The number of amides is 4. The summed E-state index contributed by atoms with van der Waals surface area (Å²) in [5.74, 6) is 1.06. The van der Waals surface area contributed by atoms with Crippen molar-refractivity contribution in [2.75, 3.05) is 40.6 Å². The van der Waals surface area contributed by atoms with Crippen molar-refractivity contribution in [2.45, 2.75) is 102 Å². The van der Waals surface area contributed by atoms with E-state index in [0.29, 0.717) is 98.3 Å². The number of likely N-dealkylation sites (tertiary alicyclic amines) is 2. The molecule has 4 amide bonds. The van der Waals surface area contributed by atoms with Crippen LogP contribution in [0.3, 0.4) is 0 Å². The van der Waals surface area contributed by atoms with Crippen LogP contribution in [0.25, 0.3) is 44.4 Å². The molecule has 4 saturated heterocycles. The molecule has 9 rings (SSSR count). The number of hydrogen-bond acceptors (Lipinski definition) is 10. The van der Waals surface area contributed by atoms with Gasteiger partial charge in [-0.15, -0.1) is 0 Å². The molecule has 0 radical (unpaired) electrons.